The van der Waals surface area contributed by atoms with E-state index in [1.54, 1.807) is 30.2 Å². The number of aromatic nitrogens is 2. The van der Waals surface area contributed by atoms with Crippen LogP contribution < -0.4 is 25.8 Å². The summed E-state index contributed by atoms with van der Waals surface area (Å²) in [5.41, 5.74) is 17.5. The Kier molecular flexibility index (Phi) is 5.41. The summed E-state index contributed by atoms with van der Waals surface area (Å²) < 4.78 is 12.8. The minimum atomic E-state index is 0.279. The highest BCUT2D eigenvalue weighted by Gasteiger charge is 2.35. The third-order valence-electron chi connectivity index (χ3n) is 6.44. The SMILES string of the molecule is COc1cc(OC)cc(N2C(N)=NN3CC(c4ccc5cnn(Cc6ccccc6)c5c4)=NC(N)=C32)c1. The molecule has 10 heteroatoms. The number of ether oxygens (including phenoxy) is 2. The van der Waals surface area contributed by atoms with Crippen molar-refractivity contribution in [1.29, 1.82) is 0 Å². The number of hydrogen-bond donors (Lipinski definition) is 2. The summed E-state index contributed by atoms with van der Waals surface area (Å²) >= 11 is 0. The highest BCUT2D eigenvalue weighted by atomic mass is 16.5. The van der Waals surface area contributed by atoms with Crippen LogP contribution in [0.3, 0.4) is 0 Å². The number of hydrogen-bond acceptors (Lipinski definition) is 9. The van der Waals surface area contributed by atoms with Crippen molar-refractivity contribution >= 4 is 28.3 Å². The Morgan fingerprint density at radius 2 is 1.68 bits per heavy atom. The summed E-state index contributed by atoms with van der Waals surface area (Å²) in [4.78, 5) is 6.51. The molecule has 0 amide bonds. The topological polar surface area (TPSA) is 120 Å². The van der Waals surface area contributed by atoms with Crippen molar-refractivity contribution in [2.24, 2.45) is 21.6 Å². The van der Waals surface area contributed by atoms with Crippen molar-refractivity contribution in [2.45, 2.75) is 6.54 Å². The van der Waals surface area contributed by atoms with Crippen LogP contribution in [0.25, 0.3) is 10.9 Å². The molecular formula is C27H26N8O2. The number of methoxy groups -OCH3 is 2. The monoisotopic (exact) mass is 494 g/mol. The van der Waals surface area contributed by atoms with Gasteiger partial charge < -0.3 is 20.9 Å². The molecule has 0 spiro atoms. The minimum Gasteiger partial charge on any atom is -0.497 e. The number of nitrogens with zero attached hydrogens (tertiary/aromatic N) is 6. The van der Waals surface area contributed by atoms with E-state index in [9.17, 15) is 0 Å². The van der Waals surface area contributed by atoms with Crippen molar-refractivity contribution in [2.75, 3.05) is 25.7 Å². The van der Waals surface area contributed by atoms with E-state index in [4.69, 9.17) is 25.9 Å². The van der Waals surface area contributed by atoms with E-state index >= 15 is 0 Å². The molecule has 0 radical (unpaired) electrons. The maximum Gasteiger partial charge on any atom is 0.224 e. The molecule has 3 heterocycles. The summed E-state index contributed by atoms with van der Waals surface area (Å²) in [6.07, 6.45) is 1.88. The first-order chi connectivity index (χ1) is 18.0. The van der Waals surface area contributed by atoms with E-state index in [-0.39, 0.29) is 5.96 Å². The standard InChI is InChI=1S/C27H26N8O2/c1-36-21-11-20(12-22(13-21)37-2)35-26-25(28)31-23(16-34(26)32-27(35)29)18-8-9-19-14-30-33(24(19)10-18)15-17-6-4-3-5-7-17/h3-14H,15-16,28H2,1-2H3,(H2,29,32). The lowest BCUT2D eigenvalue weighted by Gasteiger charge is -2.28. The molecule has 37 heavy (non-hydrogen) atoms. The molecule has 4 aromatic rings. The highest BCUT2D eigenvalue weighted by molar-refractivity contribution is 6.07. The second-order valence-electron chi connectivity index (χ2n) is 8.75. The van der Waals surface area contributed by atoms with Gasteiger partial charge >= 0.3 is 0 Å². The van der Waals surface area contributed by atoms with Crippen molar-refractivity contribution in [3.05, 3.63) is 95.7 Å². The number of rotatable bonds is 6. The second-order valence-corrected chi connectivity index (χ2v) is 8.75. The Balaban J connectivity index is 1.36. The summed E-state index contributed by atoms with van der Waals surface area (Å²) in [6.45, 7) is 1.09. The van der Waals surface area contributed by atoms with Gasteiger partial charge in [-0.1, -0.05) is 42.5 Å². The quantitative estimate of drug-likeness (QED) is 0.423. The van der Waals surface area contributed by atoms with Crippen LogP contribution in [0.1, 0.15) is 11.1 Å². The lowest BCUT2D eigenvalue weighted by Crippen LogP contribution is -2.38. The minimum absolute atomic E-state index is 0.279. The molecule has 186 valence electrons. The zero-order chi connectivity index (χ0) is 25.5. The van der Waals surface area contributed by atoms with Gasteiger partial charge in [-0.25, -0.2) is 10.0 Å². The Morgan fingerprint density at radius 1 is 0.919 bits per heavy atom. The fourth-order valence-corrected chi connectivity index (χ4v) is 4.63. The van der Waals surface area contributed by atoms with Crippen molar-refractivity contribution in [1.82, 2.24) is 14.8 Å². The zero-order valence-corrected chi connectivity index (χ0v) is 20.5. The van der Waals surface area contributed by atoms with Crippen LogP contribution in [-0.4, -0.2) is 47.2 Å². The predicted octanol–water partition coefficient (Wildman–Crippen LogP) is 3.04. The Hall–Kier alpha value is -4.99. The van der Waals surface area contributed by atoms with Gasteiger partial charge in [0.05, 0.1) is 50.4 Å². The summed E-state index contributed by atoms with van der Waals surface area (Å²) in [6, 6.07) is 21.9. The number of hydrazone groups is 1. The molecule has 1 aromatic heterocycles. The third-order valence-corrected chi connectivity index (χ3v) is 6.44. The molecule has 0 saturated heterocycles. The van der Waals surface area contributed by atoms with Crippen LogP contribution >= 0.6 is 0 Å². The average molecular weight is 495 g/mol. The molecule has 0 fully saturated rings. The molecule has 0 atom stereocenters. The van der Waals surface area contributed by atoms with Crippen LogP contribution in [0.5, 0.6) is 11.5 Å². The average Bonchev–Trinajstić information content (AvgIpc) is 3.48. The van der Waals surface area contributed by atoms with Crippen molar-refractivity contribution in [3.63, 3.8) is 0 Å². The number of benzene rings is 3. The molecule has 0 bridgehead atoms. The molecule has 3 aromatic carbocycles. The Labute approximate surface area is 213 Å². The molecule has 4 N–H and O–H groups in total. The summed E-state index contributed by atoms with van der Waals surface area (Å²) in [5, 5.41) is 12.0. The van der Waals surface area contributed by atoms with Crippen molar-refractivity contribution in [3.8, 4) is 11.5 Å². The van der Waals surface area contributed by atoms with E-state index in [2.05, 4.69) is 28.4 Å². The predicted molar refractivity (Wildman–Crippen MR) is 143 cm³/mol. The highest BCUT2D eigenvalue weighted by Crippen LogP contribution is 2.35. The normalized spacial score (nSPS) is 15.1. The number of aliphatic imine (C=N–C) groups is 1. The van der Waals surface area contributed by atoms with Crippen LogP contribution in [-0.2, 0) is 6.54 Å². The summed E-state index contributed by atoms with van der Waals surface area (Å²) in [7, 11) is 3.19. The maximum atomic E-state index is 6.50. The van der Waals surface area contributed by atoms with Gasteiger partial charge in [-0.05, 0) is 11.6 Å². The molecule has 0 unspecified atom stereocenters. The zero-order valence-electron chi connectivity index (χ0n) is 20.5. The first-order valence-corrected chi connectivity index (χ1v) is 11.8. The smallest absolute Gasteiger partial charge is 0.224 e. The summed E-state index contributed by atoms with van der Waals surface area (Å²) in [5.74, 6) is 2.43. The van der Waals surface area contributed by atoms with E-state index in [1.165, 1.54) is 5.56 Å². The van der Waals surface area contributed by atoms with Crippen LogP contribution in [0.4, 0.5) is 5.69 Å². The van der Waals surface area contributed by atoms with Gasteiger partial charge in [0, 0.05) is 29.1 Å². The molecule has 6 rings (SSSR count). The Morgan fingerprint density at radius 3 is 2.41 bits per heavy atom. The fraction of sp³-hybridized carbons (Fsp3) is 0.148. The fourth-order valence-electron chi connectivity index (χ4n) is 4.63. The molecule has 10 nitrogen and oxygen atoms in total. The van der Waals surface area contributed by atoms with Gasteiger partial charge in [0.25, 0.3) is 0 Å². The van der Waals surface area contributed by atoms with Crippen LogP contribution in [0, 0.1) is 0 Å². The molecular weight excluding hydrogens is 468 g/mol. The van der Waals surface area contributed by atoms with Gasteiger partial charge in [0.15, 0.2) is 11.6 Å². The van der Waals surface area contributed by atoms with Crippen LogP contribution in [0.2, 0.25) is 0 Å². The van der Waals surface area contributed by atoms with E-state index < -0.39 is 0 Å². The molecule has 2 aliphatic rings. The van der Waals surface area contributed by atoms with Crippen LogP contribution in [0.15, 0.2) is 94.7 Å². The first-order valence-electron chi connectivity index (χ1n) is 11.8. The third kappa shape index (κ3) is 3.98. The second kappa shape index (κ2) is 8.90. The number of fused-ring (bicyclic) bond motifs is 2. The maximum absolute atomic E-state index is 6.50. The van der Waals surface area contributed by atoms with Crippen molar-refractivity contribution < 1.29 is 9.47 Å². The van der Waals surface area contributed by atoms with Gasteiger partial charge in [-0.15, -0.1) is 5.10 Å². The van der Waals surface area contributed by atoms with Gasteiger partial charge in [-0.2, -0.15) is 5.10 Å². The number of guanidine groups is 1. The van der Waals surface area contributed by atoms with Gasteiger partial charge in [-0.3, -0.25) is 9.58 Å². The lowest BCUT2D eigenvalue weighted by atomic mass is 10.1. The van der Waals surface area contributed by atoms with E-state index in [0.717, 1.165) is 22.2 Å². The van der Waals surface area contributed by atoms with Gasteiger partial charge in [0.2, 0.25) is 5.96 Å². The lowest BCUT2D eigenvalue weighted by molar-refractivity contribution is 0.394. The van der Waals surface area contributed by atoms with Gasteiger partial charge in [0.1, 0.15) is 11.5 Å². The molecule has 0 saturated carbocycles. The van der Waals surface area contributed by atoms with E-state index in [1.807, 2.05) is 53.3 Å². The molecule has 0 aliphatic carbocycles. The first kappa shape index (κ1) is 22.5. The largest absolute Gasteiger partial charge is 0.497 e. The number of nitrogens with two attached hydrogens (primary N) is 2. The number of anilines is 1. The Bertz CT molecular complexity index is 1570. The molecule has 2 aliphatic heterocycles. The van der Waals surface area contributed by atoms with E-state index in [0.29, 0.717) is 41.9 Å².